The van der Waals surface area contributed by atoms with Gasteiger partial charge in [0.2, 0.25) is 0 Å². The number of hydrogen-bond donors (Lipinski definition) is 0. The highest BCUT2D eigenvalue weighted by molar-refractivity contribution is 6.16. The van der Waals surface area contributed by atoms with Crippen molar-refractivity contribution in [2.75, 3.05) is 0 Å². The second-order valence-electron chi connectivity index (χ2n) is 6.89. The fraction of sp³-hybridized carbons (Fsp3) is 0.556. The molecule has 0 aromatic carbocycles. The maximum atomic E-state index is 12.3. The topological polar surface area (TPSA) is 86.7 Å². The third kappa shape index (κ3) is 1.77. The van der Waals surface area contributed by atoms with Gasteiger partial charge in [0, 0.05) is 17.4 Å². The number of esters is 4. The van der Waals surface area contributed by atoms with Crippen LogP contribution in [0, 0.1) is 23.7 Å². The van der Waals surface area contributed by atoms with Crippen molar-refractivity contribution in [3.63, 3.8) is 0 Å². The molecule has 126 valence electrons. The zero-order valence-corrected chi connectivity index (χ0v) is 13.6. The molecular formula is C18H18O6. The average molecular weight is 330 g/mol. The molecule has 4 rings (SSSR count). The van der Waals surface area contributed by atoms with Gasteiger partial charge in [-0.1, -0.05) is 26.7 Å². The molecule has 24 heavy (non-hydrogen) atoms. The Labute approximate surface area is 138 Å². The Bertz CT molecular complexity index is 755. The number of fused-ring (bicyclic) bond motifs is 3. The maximum absolute atomic E-state index is 12.3. The first-order valence-corrected chi connectivity index (χ1v) is 8.49. The van der Waals surface area contributed by atoms with E-state index < -0.39 is 23.9 Å². The van der Waals surface area contributed by atoms with E-state index in [1.165, 1.54) is 0 Å². The van der Waals surface area contributed by atoms with Gasteiger partial charge in [0.05, 0.1) is 16.7 Å². The zero-order valence-electron chi connectivity index (χ0n) is 13.6. The summed E-state index contributed by atoms with van der Waals surface area (Å²) in [6, 6.07) is 0. The normalized spacial score (nSPS) is 34.4. The fourth-order valence-corrected chi connectivity index (χ4v) is 4.99. The van der Waals surface area contributed by atoms with E-state index in [4.69, 9.17) is 9.47 Å². The minimum atomic E-state index is -0.609. The number of cyclic esters (lactones) is 4. The lowest BCUT2D eigenvalue weighted by atomic mass is 9.65. The smallest absolute Gasteiger partial charge is 0.342 e. The highest BCUT2D eigenvalue weighted by Crippen LogP contribution is 2.58. The van der Waals surface area contributed by atoms with Gasteiger partial charge in [-0.25, -0.2) is 19.2 Å². The summed E-state index contributed by atoms with van der Waals surface area (Å²) in [5.41, 5.74) is 1.70. The number of carbonyl (C=O) groups is 4. The van der Waals surface area contributed by atoms with E-state index in [9.17, 15) is 19.2 Å². The molecule has 2 heterocycles. The van der Waals surface area contributed by atoms with Gasteiger partial charge in [-0.3, -0.25) is 0 Å². The van der Waals surface area contributed by atoms with Crippen LogP contribution < -0.4 is 0 Å². The van der Waals surface area contributed by atoms with E-state index in [0.29, 0.717) is 35.1 Å². The second-order valence-corrected chi connectivity index (χ2v) is 6.89. The molecule has 0 radical (unpaired) electrons. The summed E-state index contributed by atoms with van der Waals surface area (Å²) in [5, 5.41) is 0. The summed E-state index contributed by atoms with van der Waals surface area (Å²) >= 11 is 0. The van der Waals surface area contributed by atoms with E-state index in [-0.39, 0.29) is 23.7 Å². The van der Waals surface area contributed by atoms with Crippen molar-refractivity contribution in [1.82, 2.24) is 0 Å². The van der Waals surface area contributed by atoms with Crippen LogP contribution in [0.25, 0.3) is 0 Å². The molecule has 0 bridgehead atoms. The predicted molar refractivity (Wildman–Crippen MR) is 80.0 cm³/mol. The molecule has 0 spiro atoms. The van der Waals surface area contributed by atoms with Gasteiger partial charge in [0.15, 0.2) is 0 Å². The van der Waals surface area contributed by atoms with Crippen molar-refractivity contribution in [3.05, 3.63) is 22.3 Å². The van der Waals surface area contributed by atoms with Crippen LogP contribution in [0.15, 0.2) is 22.3 Å². The molecule has 6 nitrogen and oxygen atoms in total. The van der Waals surface area contributed by atoms with Crippen LogP contribution in [0.4, 0.5) is 0 Å². The highest BCUT2D eigenvalue weighted by atomic mass is 16.6. The second kappa shape index (κ2) is 5.13. The van der Waals surface area contributed by atoms with Crippen molar-refractivity contribution < 1.29 is 28.7 Å². The Morgan fingerprint density at radius 3 is 2.12 bits per heavy atom. The fourth-order valence-electron chi connectivity index (χ4n) is 4.99. The van der Waals surface area contributed by atoms with Crippen LogP contribution in [0.3, 0.4) is 0 Å². The summed E-state index contributed by atoms with van der Waals surface area (Å²) in [5.74, 6) is -3.13. The molecule has 2 aliphatic carbocycles. The summed E-state index contributed by atoms with van der Waals surface area (Å²) in [6.45, 7) is 3.98. The standard InChI is InChI=1S/C18H18O6/c1-3-5-8-11-10(14-12(8)16(20)24-18(14)22)7(4-2)6-9-13(11)17(21)23-15(9)19/h7-8,10-11H,3-6H2,1-2H3/t7-,8-,10-,11-/m1/s1. The molecule has 6 heteroatoms. The first-order valence-electron chi connectivity index (χ1n) is 8.49. The van der Waals surface area contributed by atoms with Crippen molar-refractivity contribution >= 4 is 23.9 Å². The molecule has 4 atom stereocenters. The van der Waals surface area contributed by atoms with Crippen LogP contribution in [0.2, 0.25) is 0 Å². The average Bonchev–Trinajstić information content (AvgIpc) is 3.12. The number of rotatable bonds is 3. The minimum absolute atomic E-state index is 0.0255. The number of ether oxygens (including phenoxy) is 2. The monoisotopic (exact) mass is 330 g/mol. The molecule has 0 amide bonds. The molecule has 0 fully saturated rings. The van der Waals surface area contributed by atoms with Crippen LogP contribution in [0.5, 0.6) is 0 Å². The molecule has 2 aliphatic heterocycles. The molecule has 0 unspecified atom stereocenters. The summed E-state index contributed by atoms with van der Waals surface area (Å²) in [6.07, 6.45) is 2.62. The Morgan fingerprint density at radius 1 is 0.833 bits per heavy atom. The number of hydrogen-bond acceptors (Lipinski definition) is 6. The lowest BCUT2D eigenvalue weighted by Crippen LogP contribution is -2.35. The Balaban J connectivity index is 1.91. The molecule has 0 saturated heterocycles. The van der Waals surface area contributed by atoms with Crippen LogP contribution in [-0.4, -0.2) is 23.9 Å². The molecular weight excluding hydrogens is 312 g/mol. The van der Waals surface area contributed by atoms with Gasteiger partial charge >= 0.3 is 23.9 Å². The van der Waals surface area contributed by atoms with Crippen LogP contribution in [0.1, 0.15) is 39.5 Å². The quantitative estimate of drug-likeness (QED) is 0.580. The van der Waals surface area contributed by atoms with E-state index in [2.05, 4.69) is 0 Å². The van der Waals surface area contributed by atoms with Gasteiger partial charge in [0.1, 0.15) is 0 Å². The van der Waals surface area contributed by atoms with Gasteiger partial charge < -0.3 is 9.47 Å². The third-order valence-corrected chi connectivity index (χ3v) is 5.85. The van der Waals surface area contributed by atoms with Gasteiger partial charge in [-0.2, -0.15) is 0 Å². The lowest BCUT2D eigenvalue weighted by molar-refractivity contribution is -0.154. The molecule has 0 aromatic heterocycles. The third-order valence-electron chi connectivity index (χ3n) is 5.85. The Morgan fingerprint density at radius 2 is 1.46 bits per heavy atom. The molecule has 4 aliphatic rings. The zero-order chi connectivity index (χ0) is 17.2. The maximum Gasteiger partial charge on any atom is 0.342 e. The van der Waals surface area contributed by atoms with E-state index in [0.717, 1.165) is 12.8 Å². The summed E-state index contributed by atoms with van der Waals surface area (Å²) < 4.78 is 9.69. The Kier molecular flexibility index (Phi) is 3.27. The van der Waals surface area contributed by atoms with Crippen molar-refractivity contribution in [1.29, 1.82) is 0 Å². The minimum Gasteiger partial charge on any atom is -0.386 e. The van der Waals surface area contributed by atoms with E-state index >= 15 is 0 Å². The lowest BCUT2D eigenvalue weighted by Gasteiger charge is -2.36. The number of carbonyl (C=O) groups excluding carboxylic acids is 4. The predicted octanol–water partition coefficient (Wildman–Crippen LogP) is 1.84. The van der Waals surface area contributed by atoms with E-state index in [1.807, 2.05) is 13.8 Å². The van der Waals surface area contributed by atoms with Crippen LogP contribution in [-0.2, 0) is 28.7 Å². The first-order chi connectivity index (χ1) is 11.5. The molecule has 0 aromatic rings. The summed E-state index contributed by atoms with van der Waals surface area (Å²) in [7, 11) is 0. The highest BCUT2D eigenvalue weighted by Gasteiger charge is 2.60. The molecule has 0 saturated carbocycles. The van der Waals surface area contributed by atoms with Gasteiger partial charge in [0.25, 0.3) is 0 Å². The SMILES string of the molecule is CCC[C@H]1C2=C(C(=O)OC2=O)[C@@H]2[C@H](CC)CC3=C(C(=O)OC3=O)[C@@H]21. The van der Waals surface area contributed by atoms with Crippen molar-refractivity contribution in [2.45, 2.75) is 39.5 Å². The van der Waals surface area contributed by atoms with Crippen LogP contribution >= 0.6 is 0 Å². The van der Waals surface area contributed by atoms with Crippen molar-refractivity contribution in [2.24, 2.45) is 23.7 Å². The largest absolute Gasteiger partial charge is 0.386 e. The Hall–Kier alpha value is -2.24. The van der Waals surface area contributed by atoms with Gasteiger partial charge in [-0.05, 0) is 24.7 Å². The molecule has 0 N–H and O–H groups in total. The van der Waals surface area contributed by atoms with Gasteiger partial charge in [-0.15, -0.1) is 0 Å². The van der Waals surface area contributed by atoms with E-state index in [1.54, 1.807) is 0 Å². The van der Waals surface area contributed by atoms with Crippen molar-refractivity contribution in [3.8, 4) is 0 Å². The summed E-state index contributed by atoms with van der Waals surface area (Å²) in [4.78, 5) is 48.8. The first kappa shape index (κ1) is 15.3.